The lowest BCUT2D eigenvalue weighted by molar-refractivity contribution is -0.257. The lowest BCUT2D eigenvalue weighted by Crippen LogP contribution is -2.81. The minimum absolute atomic E-state index is 0.0588. The highest BCUT2D eigenvalue weighted by atomic mass is 16.6. The number of aromatic nitrogens is 1. The van der Waals surface area contributed by atoms with Gasteiger partial charge >= 0.3 is 23.9 Å². The summed E-state index contributed by atoms with van der Waals surface area (Å²) in [5, 5.41) is 12.9. The number of nitrogens with zero attached hydrogens (tertiary/aromatic N) is 1. The highest BCUT2D eigenvalue weighted by Crippen LogP contribution is 2.78. The molecule has 256 valence electrons. The second-order valence-electron chi connectivity index (χ2n) is 14.9. The lowest BCUT2D eigenvalue weighted by Gasteiger charge is -2.67. The van der Waals surface area contributed by atoms with Crippen LogP contribution in [0, 0.1) is 34.0 Å². The number of carbonyl (C=O) groups excluding carboxylic acids is 5. The molecule has 1 spiro atoms. The second-order valence-corrected chi connectivity index (χ2v) is 14.9. The van der Waals surface area contributed by atoms with Crippen molar-refractivity contribution >= 4 is 29.7 Å². The van der Waals surface area contributed by atoms with Crippen molar-refractivity contribution in [3.63, 3.8) is 0 Å². The topological polar surface area (TPSA) is 181 Å². The molecule has 2 bridgehead atoms. The molecule has 7 rings (SSSR count). The normalized spacial score (nSPS) is 41.0. The molecule has 48 heavy (non-hydrogen) atoms. The molecular weight excluding hydrogens is 626 g/mol. The summed E-state index contributed by atoms with van der Waals surface area (Å²) in [5.41, 5.74) is -6.64. The molecule has 13 nitrogen and oxygen atoms in total. The number of epoxide rings is 1. The number of hydrogen-bond acceptors (Lipinski definition) is 13. The van der Waals surface area contributed by atoms with Crippen LogP contribution in [0.2, 0.25) is 0 Å². The van der Waals surface area contributed by atoms with Gasteiger partial charge in [-0.05, 0) is 31.0 Å². The summed E-state index contributed by atoms with van der Waals surface area (Å²) in [5.74, 6) is -6.10. The van der Waals surface area contributed by atoms with Crippen LogP contribution in [0.5, 0.6) is 0 Å². The zero-order chi connectivity index (χ0) is 34.6. The van der Waals surface area contributed by atoms with Gasteiger partial charge in [0.1, 0.15) is 23.9 Å². The number of Topliss-reactive ketones (excluding diaryl/α,β-unsaturated/α-hetero) is 1. The van der Waals surface area contributed by atoms with Crippen molar-refractivity contribution in [1.29, 1.82) is 0 Å². The molecule has 2 aromatic heterocycles. The summed E-state index contributed by atoms with van der Waals surface area (Å²) < 4.78 is 34.8. The Hall–Kier alpha value is -4.10. The van der Waals surface area contributed by atoms with Gasteiger partial charge in [0, 0.05) is 58.9 Å². The molecule has 2 aliphatic heterocycles. The SMILES string of the molecule is COC(=O)C(OC(C)=O)C1C(C)(C)C(OC(=O)c2cccnc2)C2(O)C(=O)C1(C)C1CCC3(C)C(c4ccoc4)OC(=O)CC3C13OC23. The Balaban J connectivity index is 1.43. The first-order chi connectivity index (χ1) is 22.6. The van der Waals surface area contributed by atoms with Crippen LogP contribution in [0.1, 0.15) is 75.9 Å². The Morgan fingerprint density at radius 3 is 2.48 bits per heavy atom. The van der Waals surface area contributed by atoms with Gasteiger partial charge in [0.2, 0.25) is 6.10 Å². The van der Waals surface area contributed by atoms with Crippen LogP contribution >= 0.6 is 0 Å². The molecular formula is C35H39NO12. The third-order valence-electron chi connectivity index (χ3n) is 12.2. The van der Waals surface area contributed by atoms with Crippen LogP contribution in [0.3, 0.4) is 0 Å². The third kappa shape index (κ3) is 4.03. The molecule has 5 fully saturated rings. The van der Waals surface area contributed by atoms with Gasteiger partial charge in [-0.3, -0.25) is 19.4 Å². The predicted molar refractivity (Wildman–Crippen MR) is 160 cm³/mol. The molecule has 5 aliphatic rings. The smallest absolute Gasteiger partial charge is 0.347 e. The number of fused-ring (bicyclic) bond motifs is 5. The minimum Gasteiger partial charge on any atom is -0.472 e. The fraction of sp³-hybridized carbons (Fsp3) is 0.600. The molecule has 13 heteroatoms. The van der Waals surface area contributed by atoms with Gasteiger partial charge in [0.25, 0.3) is 0 Å². The maximum absolute atomic E-state index is 15.1. The average Bonchev–Trinajstić information content (AvgIpc) is 3.53. The van der Waals surface area contributed by atoms with Gasteiger partial charge in [-0.25, -0.2) is 9.59 Å². The van der Waals surface area contributed by atoms with Crippen molar-refractivity contribution in [2.24, 2.45) is 34.0 Å². The summed E-state index contributed by atoms with van der Waals surface area (Å²) in [6.45, 7) is 8.14. The monoisotopic (exact) mass is 665 g/mol. The van der Waals surface area contributed by atoms with Gasteiger partial charge in [-0.1, -0.05) is 27.7 Å². The van der Waals surface area contributed by atoms with Crippen molar-refractivity contribution in [3.05, 3.63) is 54.2 Å². The third-order valence-corrected chi connectivity index (χ3v) is 12.2. The summed E-state index contributed by atoms with van der Waals surface area (Å²) in [7, 11) is 1.15. The van der Waals surface area contributed by atoms with Gasteiger partial charge in [-0.2, -0.15) is 0 Å². The number of cyclic esters (lactones) is 1. The van der Waals surface area contributed by atoms with Gasteiger partial charge in [0.15, 0.2) is 11.4 Å². The molecule has 0 aromatic carbocycles. The van der Waals surface area contributed by atoms with E-state index < -0.39 is 99.3 Å². The van der Waals surface area contributed by atoms with Crippen LogP contribution < -0.4 is 0 Å². The van der Waals surface area contributed by atoms with E-state index in [1.807, 2.05) is 6.92 Å². The van der Waals surface area contributed by atoms with Crippen LogP contribution in [0.4, 0.5) is 0 Å². The maximum atomic E-state index is 15.1. The van der Waals surface area contributed by atoms with E-state index in [4.69, 9.17) is 28.1 Å². The molecule has 3 saturated carbocycles. The van der Waals surface area contributed by atoms with E-state index in [2.05, 4.69) is 4.98 Å². The number of pyridine rings is 1. The summed E-state index contributed by atoms with van der Waals surface area (Å²) in [6, 6.07) is 4.76. The molecule has 4 heterocycles. The summed E-state index contributed by atoms with van der Waals surface area (Å²) in [4.78, 5) is 72.1. The number of rotatable bonds is 6. The molecule has 0 amide bonds. The molecule has 2 saturated heterocycles. The number of methoxy groups -OCH3 is 1. The largest absolute Gasteiger partial charge is 0.472 e. The number of hydrogen-bond donors (Lipinski definition) is 1. The van der Waals surface area contributed by atoms with E-state index in [-0.39, 0.29) is 12.0 Å². The van der Waals surface area contributed by atoms with E-state index in [9.17, 15) is 24.3 Å². The number of aliphatic hydroxyl groups is 1. The first-order valence-corrected chi connectivity index (χ1v) is 16.1. The zero-order valence-corrected chi connectivity index (χ0v) is 27.6. The minimum atomic E-state index is -2.41. The number of carbonyl (C=O) groups is 5. The number of ketones is 1. The average molecular weight is 666 g/mol. The Morgan fingerprint density at radius 1 is 1.10 bits per heavy atom. The van der Waals surface area contributed by atoms with E-state index in [1.54, 1.807) is 32.9 Å². The van der Waals surface area contributed by atoms with Crippen molar-refractivity contribution in [1.82, 2.24) is 4.98 Å². The predicted octanol–water partition coefficient (Wildman–Crippen LogP) is 3.14. The summed E-state index contributed by atoms with van der Waals surface area (Å²) in [6.07, 6.45) is 1.56. The standard InChI is InChI=1S/C35H39NO12/c1-17(37)45-23(27(40)43-6)24-31(2,3)29(47-26(39)18-8-7-12-36-15-18)34(42)28(41)33(24,5)20-9-11-32(4)21(35(20)30(34)48-35)14-22(38)46-25(32)19-10-13-44-16-19/h7-8,10,12-13,15-16,20-21,23-25,29-30,42H,9,11,14H2,1-6H3. The number of ether oxygens (including phenoxy) is 5. The molecule has 2 aromatic rings. The zero-order valence-electron chi connectivity index (χ0n) is 27.6. The van der Waals surface area contributed by atoms with E-state index in [0.29, 0.717) is 18.4 Å². The summed E-state index contributed by atoms with van der Waals surface area (Å²) >= 11 is 0. The fourth-order valence-corrected chi connectivity index (χ4v) is 10.6. The van der Waals surface area contributed by atoms with Gasteiger partial charge < -0.3 is 33.2 Å². The Morgan fingerprint density at radius 2 is 1.85 bits per heavy atom. The number of furan rings is 1. The van der Waals surface area contributed by atoms with Crippen LogP contribution in [-0.4, -0.2) is 76.4 Å². The quantitative estimate of drug-likeness (QED) is 0.270. The van der Waals surface area contributed by atoms with Crippen LogP contribution in [0.15, 0.2) is 47.5 Å². The molecule has 11 atom stereocenters. The van der Waals surface area contributed by atoms with Gasteiger partial charge in [-0.15, -0.1) is 0 Å². The Bertz CT molecular complexity index is 1690. The second kappa shape index (κ2) is 10.4. The van der Waals surface area contributed by atoms with Crippen molar-refractivity contribution in [3.8, 4) is 0 Å². The Kier molecular flexibility index (Phi) is 7.06. The van der Waals surface area contributed by atoms with E-state index >= 15 is 4.79 Å². The molecule has 11 unspecified atom stereocenters. The van der Waals surface area contributed by atoms with Crippen molar-refractivity contribution in [2.75, 3.05) is 7.11 Å². The Labute approximate surface area is 276 Å². The first-order valence-electron chi connectivity index (χ1n) is 16.1. The van der Waals surface area contributed by atoms with Crippen molar-refractivity contribution < 1.29 is 57.2 Å². The van der Waals surface area contributed by atoms with Gasteiger partial charge in [0.05, 0.1) is 31.6 Å². The van der Waals surface area contributed by atoms with E-state index in [1.165, 1.54) is 31.0 Å². The number of esters is 4. The highest BCUT2D eigenvalue weighted by Gasteiger charge is 2.91. The lowest BCUT2D eigenvalue weighted by atomic mass is 9.36. The first kappa shape index (κ1) is 32.4. The molecule has 1 N–H and O–H groups in total. The molecule has 0 radical (unpaired) electrons. The molecule has 3 aliphatic carbocycles. The van der Waals surface area contributed by atoms with E-state index in [0.717, 1.165) is 14.0 Å². The van der Waals surface area contributed by atoms with Crippen LogP contribution in [0.25, 0.3) is 0 Å². The fourth-order valence-electron chi connectivity index (χ4n) is 10.6. The maximum Gasteiger partial charge on any atom is 0.347 e. The van der Waals surface area contributed by atoms with Crippen molar-refractivity contribution in [2.45, 2.75) is 89.5 Å². The highest BCUT2D eigenvalue weighted by molar-refractivity contribution is 6.00. The van der Waals surface area contributed by atoms with Crippen LogP contribution in [-0.2, 0) is 42.9 Å².